The molecule has 4 nitrogen and oxygen atoms in total. The number of rotatable bonds is 4. The predicted octanol–water partition coefficient (Wildman–Crippen LogP) is 8.59. The monoisotopic (exact) mass is 497 g/mol. The fourth-order valence-corrected chi connectivity index (χ4v) is 5.34. The van der Waals surface area contributed by atoms with Crippen LogP contribution in [-0.4, -0.2) is 14.5 Å². The lowest BCUT2D eigenvalue weighted by Crippen LogP contribution is -1.98. The zero-order valence-electron chi connectivity index (χ0n) is 19.7. The molecule has 0 saturated heterocycles. The first-order valence-corrected chi connectivity index (χ1v) is 12.4. The predicted molar refractivity (Wildman–Crippen MR) is 151 cm³/mol. The highest BCUT2D eigenvalue weighted by Gasteiger charge is 2.20. The molecule has 0 aliphatic heterocycles. The molecule has 0 saturated carbocycles. The summed E-state index contributed by atoms with van der Waals surface area (Å²) in [7, 11) is 0. The van der Waals surface area contributed by atoms with Gasteiger partial charge >= 0.3 is 0 Å². The van der Waals surface area contributed by atoms with Crippen molar-refractivity contribution in [2.75, 3.05) is 0 Å². The third-order valence-electron chi connectivity index (χ3n) is 6.84. The van der Waals surface area contributed by atoms with Crippen LogP contribution in [0.1, 0.15) is 0 Å². The van der Waals surface area contributed by atoms with Crippen LogP contribution in [0, 0.1) is 0 Å². The SMILES string of the molecule is ClOc1c(-c2ccc(-c3nc4ccccc4n3-c3ccccc3)c3ccccc23)ccc2cccnc12. The molecule has 0 fully saturated rings. The molecule has 0 unspecified atom stereocenters. The number of fused-ring (bicyclic) bond motifs is 3. The first-order chi connectivity index (χ1) is 18.3. The van der Waals surface area contributed by atoms with E-state index < -0.39 is 0 Å². The fraction of sp³-hybridized carbons (Fsp3) is 0. The van der Waals surface area contributed by atoms with Gasteiger partial charge in [-0.05, 0) is 58.8 Å². The molecule has 5 aromatic carbocycles. The van der Waals surface area contributed by atoms with E-state index in [0.717, 1.165) is 60.9 Å². The third-order valence-corrected chi connectivity index (χ3v) is 6.99. The van der Waals surface area contributed by atoms with E-state index in [1.807, 2.05) is 30.3 Å². The average molecular weight is 498 g/mol. The standard InChI is InChI=1S/C32H20ClN3O/c33-37-31-26(17-16-21-9-8-20-34-30(21)31)25-18-19-27(24-13-5-4-12-23(24)25)32-35-28-14-6-7-15-29(28)36(32)22-10-2-1-3-11-22/h1-20H. The van der Waals surface area contributed by atoms with Crippen molar-refractivity contribution in [3.63, 3.8) is 0 Å². The molecule has 5 heteroatoms. The zero-order chi connectivity index (χ0) is 24.8. The quantitative estimate of drug-likeness (QED) is 0.244. The molecule has 2 heterocycles. The van der Waals surface area contributed by atoms with Gasteiger partial charge < -0.3 is 4.29 Å². The molecule has 0 radical (unpaired) electrons. The van der Waals surface area contributed by atoms with Crippen molar-refractivity contribution in [3.05, 3.63) is 121 Å². The molecule has 0 atom stereocenters. The van der Waals surface area contributed by atoms with Gasteiger partial charge in [-0.25, -0.2) is 4.98 Å². The summed E-state index contributed by atoms with van der Waals surface area (Å²) in [5, 5.41) is 3.14. The van der Waals surface area contributed by atoms with Gasteiger partial charge in [0.2, 0.25) is 0 Å². The number of para-hydroxylation sites is 3. The fourth-order valence-electron chi connectivity index (χ4n) is 5.18. The van der Waals surface area contributed by atoms with Gasteiger partial charge in [0.05, 0.1) is 11.0 Å². The third kappa shape index (κ3) is 3.45. The smallest absolute Gasteiger partial charge is 0.180 e. The Labute approximate surface area is 218 Å². The van der Waals surface area contributed by atoms with Gasteiger partial charge in [-0.15, -0.1) is 0 Å². The normalized spacial score (nSPS) is 11.4. The summed E-state index contributed by atoms with van der Waals surface area (Å²) in [6.07, 6.45) is 1.75. The zero-order valence-corrected chi connectivity index (χ0v) is 20.4. The summed E-state index contributed by atoms with van der Waals surface area (Å²) >= 11 is 6.02. The molecule has 0 spiro atoms. The van der Waals surface area contributed by atoms with Crippen molar-refractivity contribution in [3.8, 4) is 34.0 Å². The molecular formula is C32H20ClN3O. The Kier molecular flexibility index (Phi) is 5.12. The average Bonchev–Trinajstić information content (AvgIpc) is 3.36. The van der Waals surface area contributed by atoms with Gasteiger partial charge in [-0.3, -0.25) is 9.55 Å². The van der Waals surface area contributed by atoms with Crippen LogP contribution in [0.15, 0.2) is 121 Å². The number of aromatic nitrogens is 3. The van der Waals surface area contributed by atoms with Gasteiger partial charge in [-0.2, -0.15) is 0 Å². The summed E-state index contributed by atoms with van der Waals surface area (Å²) in [6, 6.07) is 39.2. The van der Waals surface area contributed by atoms with Crippen LogP contribution in [0.5, 0.6) is 5.75 Å². The molecule has 0 bridgehead atoms. The molecule has 7 aromatic rings. The van der Waals surface area contributed by atoms with Crippen LogP contribution in [0.3, 0.4) is 0 Å². The van der Waals surface area contributed by atoms with Crippen LogP contribution in [-0.2, 0) is 0 Å². The van der Waals surface area contributed by atoms with E-state index in [1.54, 1.807) is 6.20 Å². The Morgan fingerprint density at radius 1 is 0.622 bits per heavy atom. The minimum Gasteiger partial charge on any atom is -0.383 e. The van der Waals surface area contributed by atoms with Crippen molar-refractivity contribution in [1.29, 1.82) is 0 Å². The molecule has 7 rings (SSSR count). The van der Waals surface area contributed by atoms with E-state index in [-0.39, 0.29) is 0 Å². The maximum atomic E-state index is 6.02. The van der Waals surface area contributed by atoms with Gasteiger partial charge in [-0.1, -0.05) is 72.8 Å². The Morgan fingerprint density at radius 2 is 1.32 bits per heavy atom. The van der Waals surface area contributed by atoms with Crippen molar-refractivity contribution in [1.82, 2.24) is 14.5 Å². The van der Waals surface area contributed by atoms with Gasteiger partial charge in [0.1, 0.15) is 23.2 Å². The number of halogens is 1. The van der Waals surface area contributed by atoms with Crippen molar-refractivity contribution in [2.45, 2.75) is 0 Å². The number of hydrogen-bond donors (Lipinski definition) is 0. The summed E-state index contributed by atoms with van der Waals surface area (Å²) < 4.78 is 7.61. The summed E-state index contributed by atoms with van der Waals surface area (Å²) in [6.45, 7) is 0. The number of pyridine rings is 1. The van der Waals surface area contributed by atoms with Crippen LogP contribution in [0.4, 0.5) is 0 Å². The highest BCUT2D eigenvalue weighted by Crippen LogP contribution is 2.42. The molecular weight excluding hydrogens is 478 g/mol. The molecule has 0 aliphatic rings. The van der Waals surface area contributed by atoms with Gasteiger partial charge in [0, 0.05) is 28.4 Å². The number of hydrogen-bond acceptors (Lipinski definition) is 3. The first-order valence-electron chi connectivity index (χ1n) is 12.1. The number of imidazole rings is 1. The minimum absolute atomic E-state index is 0.550. The molecule has 0 N–H and O–H groups in total. The Balaban J connectivity index is 1.52. The summed E-state index contributed by atoms with van der Waals surface area (Å²) in [4.78, 5) is 9.62. The maximum absolute atomic E-state index is 6.02. The summed E-state index contributed by atoms with van der Waals surface area (Å²) in [5.74, 6) is 1.44. The van der Waals surface area contributed by atoms with Crippen LogP contribution >= 0.6 is 11.9 Å². The van der Waals surface area contributed by atoms with E-state index in [2.05, 4.69) is 94.5 Å². The van der Waals surface area contributed by atoms with Gasteiger partial charge in [0.25, 0.3) is 0 Å². The lowest BCUT2D eigenvalue weighted by atomic mass is 9.93. The Hall–Kier alpha value is -4.67. The second kappa shape index (κ2) is 8.77. The molecule has 2 aromatic heterocycles. The molecule has 176 valence electrons. The van der Waals surface area contributed by atoms with Crippen molar-refractivity contribution in [2.24, 2.45) is 0 Å². The van der Waals surface area contributed by atoms with Crippen LogP contribution in [0.2, 0.25) is 0 Å². The maximum Gasteiger partial charge on any atom is 0.180 e. The van der Waals surface area contributed by atoms with Crippen LogP contribution < -0.4 is 4.29 Å². The minimum atomic E-state index is 0.550. The van der Waals surface area contributed by atoms with E-state index in [9.17, 15) is 0 Å². The van der Waals surface area contributed by atoms with E-state index >= 15 is 0 Å². The lowest BCUT2D eigenvalue weighted by Gasteiger charge is -2.15. The Morgan fingerprint density at radius 3 is 2.16 bits per heavy atom. The van der Waals surface area contributed by atoms with Gasteiger partial charge in [0.15, 0.2) is 5.75 Å². The second-order valence-corrected chi connectivity index (χ2v) is 9.05. The second-order valence-electron chi connectivity index (χ2n) is 8.90. The highest BCUT2D eigenvalue weighted by molar-refractivity contribution is 6.13. The van der Waals surface area contributed by atoms with Crippen molar-refractivity contribution >= 4 is 44.6 Å². The van der Waals surface area contributed by atoms with E-state index in [1.165, 1.54) is 0 Å². The lowest BCUT2D eigenvalue weighted by molar-refractivity contribution is 0.627. The van der Waals surface area contributed by atoms with Crippen LogP contribution in [0.25, 0.3) is 60.9 Å². The number of benzene rings is 5. The Bertz CT molecular complexity index is 1930. The van der Waals surface area contributed by atoms with E-state index in [0.29, 0.717) is 5.75 Å². The first kappa shape index (κ1) is 21.6. The largest absolute Gasteiger partial charge is 0.383 e. The van der Waals surface area contributed by atoms with E-state index in [4.69, 9.17) is 21.1 Å². The molecule has 0 amide bonds. The molecule has 0 aliphatic carbocycles. The number of nitrogens with zero attached hydrogens (tertiary/aromatic N) is 3. The summed E-state index contributed by atoms with van der Waals surface area (Å²) in [5.41, 5.74) is 6.77. The topological polar surface area (TPSA) is 39.9 Å². The highest BCUT2D eigenvalue weighted by atomic mass is 35.5. The van der Waals surface area contributed by atoms with Crippen molar-refractivity contribution < 1.29 is 4.29 Å². The molecule has 37 heavy (non-hydrogen) atoms.